The van der Waals surface area contributed by atoms with E-state index in [1.54, 1.807) is 24.3 Å². The molecule has 3 N–H and O–H groups in total. The molecule has 1 aliphatic heterocycles. The van der Waals surface area contributed by atoms with Crippen molar-refractivity contribution in [3.63, 3.8) is 0 Å². The van der Waals surface area contributed by atoms with Crippen LogP contribution in [0.4, 0.5) is 10.1 Å². The SMILES string of the molecule is N#Cc1ccc(CN=C(N)Nc2ccc3c(c2)OCCCO3)c(F)c1. The van der Waals surface area contributed by atoms with Gasteiger partial charge in [0.1, 0.15) is 5.82 Å². The third kappa shape index (κ3) is 4.18. The largest absolute Gasteiger partial charge is 0.490 e. The second-order valence-corrected chi connectivity index (χ2v) is 5.46. The topological polar surface area (TPSA) is 92.7 Å². The van der Waals surface area contributed by atoms with Crippen LogP contribution in [-0.2, 0) is 6.54 Å². The number of nitrogens with two attached hydrogens (primary N) is 1. The molecule has 1 aliphatic rings. The molecule has 0 radical (unpaired) electrons. The minimum absolute atomic E-state index is 0.0704. The first-order valence-corrected chi connectivity index (χ1v) is 7.81. The molecule has 7 heteroatoms. The number of fused-ring (bicyclic) bond motifs is 1. The van der Waals surface area contributed by atoms with Crippen molar-refractivity contribution in [2.24, 2.45) is 10.7 Å². The zero-order valence-electron chi connectivity index (χ0n) is 13.5. The van der Waals surface area contributed by atoms with E-state index >= 15 is 0 Å². The van der Waals surface area contributed by atoms with Gasteiger partial charge in [-0.15, -0.1) is 0 Å². The molecule has 0 unspecified atom stereocenters. The number of nitrogens with one attached hydrogen (secondary N) is 1. The van der Waals surface area contributed by atoms with Crippen molar-refractivity contribution < 1.29 is 13.9 Å². The van der Waals surface area contributed by atoms with Crippen LogP contribution in [0.5, 0.6) is 11.5 Å². The van der Waals surface area contributed by atoms with Crippen molar-refractivity contribution in [1.29, 1.82) is 5.26 Å². The summed E-state index contributed by atoms with van der Waals surface area (Å²) in [4.78, 5) is 4.12. The van der Waals surface area contributed by atoms with Crippen LogP contribution in [0.2, 0.25) is 0 Å². The highest BCUT2D eigenvalue weighted by Gasteiger charge is 2.11. The fraction of sp³-hybridized carbons (Fsp3) is 0.222. The summed E-state index contributed by atoms with van der Waals surface area (Å²) in [5.41, 5.74) is 7.19. The number of rotatable bonds is 3. The fourth-order valence-electron chi connectivity index (χ4n) is 2.34. The normalized spacial score (nSPS) is 13.7. The smallest absolute Gasteiger partial charge is 0.193 e. The van der Waals surface area contributed by atoms with Gasteiger partial charge in [-0.1, -0.05) is 6.07 Å². The molecule has 0 fully saturated rings. The molecule has 128 valence electrons. The highest BCUT2D eigenvalue weighted by molar-refractivity contribution is 5.92. The predicted molar refractivity (Wildman–Crippen MR) is 92.1 cm³/mol. The Labute approximate surface area is 144 Å². The number of nitriles is 1. The number of guanidine groups is 1. The minimum atomic E-state index is -0.480. The number of ether oxygens (including phenoxy) is 2. The molecule has 2 aromatic carbocycles. The van der Waals surface area contributed by atoms with Crippen LogP contribution in [-0.4, -0.2) is 19.2 Å². The van der Waals surface area contributed by atoms with E-state index in [2.05, 4.69) is 10.3 Å². The van der Waals surface area contributed by atoms with Gasteiger partial charge in [-0.05, 0) is 24.3 Å². The second-order valence-electron chi connectivity index (χ2n) is 5.46. The first-order chi connectivity index (χ1) is 12.2. The molecular weight excluding hydrogens is 323 g/mol. The van der Waals surface area contributed by atoms with Gasteiger partial charge in [-0.25, -0.2) is 9.38 Å². The average Bonchev–Trinajstić information content (AvgIpc) is 2.85. The maximum absolute atomic E-state index is 13.8. The first-order valence-electron chi connectivity index (χ1n) is 7.81. The van der Waals surface area contributed by atoms with E-state index in [1.807, 2.05) is 6.07 Å². The number of aliphatic imine (C=N–C) groups is 1. The third-order valence-electron chi connectivity index (χ3n) is 3.62. The molecule has 0 bridgehead atoms. The summed E-state index contributed by atoms with van der Waals surface area (Å²) in [5.74, 6) is 1.01. The number of hydrogen-bond acceptors (Lipinski definition) is 4. The Morgan fingerprint density at radius 1 is 1.20 bits per heavy atom. The number of nitrogens with zero attached hydrogens (tertiary/aromatic N) is 2. The molecule has 0 spiro atoms. The Bertz CT molecular complexity index is 845. The zero-order chi connectivity index (χ0) is 17.6. The summed E-state index contributed by atoms with van der Waals surface area (Å²) >= 11 is 0. The molecule has 0 saturated heterocycles. The molecule has 25 heavy (non-hydrogen) atoms. The summed E-state index contributed by atoms with van der Waals surface area (Å²) in [6.45, 7) is 1.29. The van der Waals surface area contributed by atoms with Crippen LogP contribution >= 0.6 is 0 Å². The van der Waals surface area contributed by atoms with E-state index in [4.69, 9.17) is 20.5 Å². The molecule has 2 aromatic rings. The average molecular weight is 340 g/mol. The molecular formula is C18H17FN4O2. The van der Waals surface area contributed by atoms with E-state index in [0.717, 1.165) is 6.42 Å². The summed E-state index contributed by atoms with van der Waals surface area (Å²) in [6, 6.07) is 11.5. The number of halogens is 1. The van der Waals surface area contributed by atoms with Gasteiger partial charge in [0, 0.05) is 23.7 Å². The molecule has 0 aromatic heterocycles. The third-order valence-corrected chi connectivity index (χ3v) is 3.62. The van der Waals surface area contributed by atoms with E-state index in [9.17, 15) is 4.39 Å². The Balaban J connectivity index is 1.67. The molecule has 6 nitrogen and oxygen atoms in total. The van der Waals surface area contributed by atoms with Crippen LogP contribution in [0.3, 0.4) is 0 Å². The van der Waals surface area contributed by atoms with Gasteiger partial charge in [0.25, 0.3) is 0 Å². The second kappa shape index (κ2) is 7.53. The monoisotopic (exact) mass is 340 g/mol. The lowest BCUT2D eigenvalue weighted by Crippen LogP contribution is -2.22. The van der Waals surface area contributed by atoms with Crippen molar-refractivity contribution in [3.05, 3.63) is 53.3 Å². The molecule has 0 saturated carbocycles. The predicted octanol–water partition coefficient (Wildman–Crippen LogP) is 2.79. The van der Waals surface area contributed by atoms with Gasteiger partial charge in [0.05, 0.1) is 31.4 Å². The van der Waals surface area contributed by atoms with Crippen LogP contribution in [0.1, 0.15) is 17.5 Å². The van der Waals surface area contributed by atoms with Crippen molar-refractivity contribution in [1.82, 2.24) is 0 Å². The molecule has 0 amide bonds. The van der Waals surface area contributed by atoms with E-state index in [-0.39, 0.29) is 18.1 Å². The Kier molecular flexibility index (Phi) is 5.00. The van der Waals surface area contributed by atoms with Crippen LogP contribution in [0.15, 0.2) is 41.4 Å². The Morgan fingerprint density at radius 3 is 2.76 bits per heavy atom. The van der Waals surface area contributed by atoms with Gasteiger partial charge >= 0.3 is 0 Å². The van der Waals surface area contributed by atoms with Crippen molar-refractivity contribution >= 4 is 11.6 Å². The standard InChI is InChI=1S/C18H17FN4O2/c19-15-8-12(10-20)2-3-13(15)11-22-18(21)23-14-4-5-16-17(9-14)25-7-1-6-24-16/h2-5,8-9H,1,6-7,11H2,(H3,21,22,23). The highest BCUT2D eigenvalue weighted by Crippen LogP contribution is 2.32. The fourth-order valence-corrected chi connectivity index (χ4v) is 2.34. The molecule has 0 atom stereocenters. The summed E-state index contributed by atoms with van der Waals surface area (Å²) < 4.78 is 25.0. The summed E-state index contributed by atoms with van der Waals surface area (Å²) in [6.07, 6.45) is 0.831. The molecule has 3 rings (SSSR count). The zero-order valence-corrected chi connectivity index (χ0v) is 13.5. The van der Waals surface area contributed by atoms with E-state index in [1.165, 1.54) is 12.1 Å². The summed E-state index contributed by atoms with van der Waals surface area (Å²) in [5, 5.41) is 11.7. The maximum Gasteiger partial charge on any atom is 0.193 e. The highest BCUT2D eigenvalue weighted by atomic mass is 19.1. The van der Waals surface area contributed by atoms with Crippen molar-refractivity contribution in [3.8, 4) is 17.6 Å². The molecule has 1 heterocycles. The van der Waals surface area contributed by atoms with E-state index < -0.39 is 5.82 Å². The lowest BCUT2D eigenvalue weighted by molar-refractivity contribution is 0.297. The lowest BCUT2D eigenvalue weighted by atomic mass is 10.1. The van der Waals surface area contributed by atoms with Crippen LogP contribution < -0.4 is 20.5 Å². The Hall–Kier alpha value is -3.27. The van der Waals surface area contributed by atoms with Gasteiger partial charge in [-0.2, -0.15) is 5.26 Å². The summed E-state index contributed by atoms with van der Waals surface area (Å²) in [7, 11) is 0. The van der Waals surface area contributed by atoms with Gasteiger partial charge in [0.15, 0.2) is 17.5 Å². The van der Waals surface area contributed by atoms with Crippen molar-refractivity contribution in [2.75, 3.05) is 18.5 Å². The van der Waals surface area contributed by atoms with Gasteiger partial charge in [-0.3, -0.25) is 0 Å². The number of hydrogen-bond donors (Lipinski definition) is 2. The van der Waals surface area contributed by atoms with Crippen LogP contribution in [0.25, 0.3) is 0 Å². The van der Waals surface area contributed by atoms with Crippen molar-refractivity contribution in [2.45, 2.75) is 13.0 Å². The lowest BCUT2D eigenvalue weighted by Gasteiger charge is -2.11. The van der Waals surface area contributed by atoms with Gasteiger partial charge < -0.3 is 20.5 Å². The quantitative estimate of drug-likeness (QED) is 0.662. The van der Waals surface area contributed by atoms with Crippen LogP contribution in [0, 0.1) is 17.1 Å². The maximum atomic E-state index is 13.8. The number of anilines is 1. The Morgan fingerprint density at radius 2 is 2.00 bits per heavy atom. The first kappa shape index (κ1) is 16.6. The molecule has 0 aliphatic carbocycles. The van der Waals surface area contributed by atoms with E-state index in [0.29, 0.717) is 36.0 Å². The number of benzene rings is 2. The minimum Gasteiger partial charge on any atom is -0.490 e. The van der Waals surface area contributed by atoms with Gasteiger partial charge in [0.2, 0.25) is 0 Å².